The molecule has 3 rings (SSSR count). The van der Waals surface area contributed by atoms with Gasteiger partial charge in [0.2, 0.25) is 0 Å². The van der Waals surface area contributed by atoms with Crippen molar-refractivity contribution in [1.82, 2.24) is 0 Å². The van der Waals surface area contributed by atoms with Crippen molar-refractivity contribution in [1.29, 1.82) is 0 Å². The van der Waals surface area contributed by atoms with Gasteiger partial charge in [-0.25, -0.2) is 0 Å². The fraction of sp³-hybridized carbons (Fsp3) is 0. The smallest absolute Gasteiger partial charge is 0.193 e. The average Bonchev–Trinajstić information content (AvgIpc) is 2.62. The first kappa shape index (κ1) is 14.0. The molecular weight excluding hydrogens is 272 g/mol. The minimum Gasteiger partial charge on any atom is -0.289 e. The summed E-state index contributed by atoms with van der Waals surface area (Å²) in [6.07, 6.45) is 0. The first-order valence-electron chi connectivity index (χ1n) is 6.97. The van der Waals surface area contributed by atoms with Crippen LogP contribution in [0, 0.1) is 6.07 Å². The van der Waals surface area contributed by atoms with E-state index in [2.05, 4.69) is 6.07 Å². The van der Waals surface area contributed by atoms with E-state index in [4.69, 9.17) is 0 Å². The molecule has 2 nitrogen and oxygen atoms in total. The Bertz CT molecular complexity index is 739. The third-order valence-electron chi connectivity index (χ3n) is 3.38. The van der Waals surface area contributed by atoms with Crippen LogP contribution in [0.5, 0.6) is 0 Å². The molecule has 0 amide bonds. The third kappa shape index (κ3) is 2.86. The van der Waals surface area contributed by atoms with Crippen molar-refractivity contribution in [2.24, 2.45) is 0 Å². The Morgan fingerprint density at radius 3 is 1.77 bits per heavy atom. The molecule has 0 saturated heterocycles. The van der Waals surface area contributed by atoms with Crippen molar-refractivity contribution in [3.63, 3.8) is 0 Å². The molecule has 0 aliphatic rings. The number of ketones is 2. The zero-order valence-electron chi connectivity index (χ0n) is 11.8. The summed E-state index contributed by atoms with van der Waals surface area (Å²) in [4.78, 5) is 24.8. The Labute approximate surface area is 129 Å². The number of rotatable bonds is 4. The fourth-order valence-corrected chi connectivity index (χ4v) is 2.24. The molecule has 0 heterocycles. The molecule has 0 bridgehead atoms. The second kappa shape index (κ2) is 6.19. The first-order chi connectivity index (χ1) is 10.8. The predicted molar refractivity (Wildman–Crippen MR) is 85.0 cm³/mol. The summed E-state index contributed by atoms with van der Waals surface area (Å²) in [6.45, 7) is 0. The molecule has 22 heavy (non-hydrogen) atoms. The summed E-state index contributed by atoms with van der Waals surface area (Å²) in [5.74, 6) is -0.236. The van der Waals surface area contributed by atoms with Gasteiger partial charge in [-0.15, -0.1) is 0 Å². The maximum Gasteiger partial charge on any atom is 0.193 e. The SMILES string of the molecule is O=C(c1[c]ccc(C(=O)c2ccccc2)c1)c1ccccc1. The topological polar surface area (TPSA) is 34.1 Å². The van der Waals surface area contributed by atoms with Crippen molar-refractivity contribution in [3.05, 3.63) is 107 Å². The van der Waals surface area contributed by atoms with Crippen LogP contribution in [-0.2, 0) is 0 Å². The molecule has 2 heteroatoms. The largest absolute Gasteiger partial charge is 0.289 e. The molecule has 0 atom stereocenters. The first-order valence-corrected chi connectivity index (χ1v) is 6.97. The minimum absolute atomic E-state index is 0.100. The molecule has 0 fully saturated rings. The number of hydrogen-bond donors (Lipinski definition) is 0. The Balaban J connectivity index is 1.94. The zero-order valence-corrected chi connectivity index (χ0v) is 11.8. The van der Waals surface area contributed by atoms with E-state index >= 15 is 0 Å². The maximum absolute atomic E-state index is 12.4. The Morgan fingerprint density at radius 1 is 0.636 bits per heavy atom. The van der Waals surface area contributed by atoms with Crippen LogP contribution in [-0.4, -0.2) is 11.6 Å². The lowest BCUT2D eigenvalue weighted by Gasteiger charge is -2.04. The van der Waals surface area contributed by atoms with Gasteiger partial charge in [0.05, 0.1) is 0 Å². The second-order valence-corrected chi connectivity index (χ2v) is 4.88. The molecule has 105 valence electrons. The summed E-state index contributed by atoms with van der Waals surface area (Å²) in [6, 6.07) is 25.8. The molecule has 3 aromatic carbocycles. The average molecular weight is 285 g/mol. The Hall–Kier alpha value is -3.00. The van der Waals surface area contributed by atoms with Crippen LogP contribution >= 0.6 is 0 Å². The van der Waals surface area contributed by atoms with Crippen LogP contribution < -0.4 is 0 Å². The summed E-state index contributed by atoms with van der Waals surface area (Å²) in [5.41, 5.74) is 2.08. The molecule has 0 N–H and O–H groups in total. The highest BCUT2D eigenvalue weighted by Crippen LogP contribution is 2.14. The van der Waals surface area contributed by atoms with E-state index in [1.165, 1.54) is 0 Å². The zero-order chi connectivity index (χ0) is 15.4. The third-order valence-corrected chi connectivity index (χ3v) is 3.38. The van der Waals surface area contributed by atoms with E-state index in [-0.39, 0.29) is 11.6 Å². The molecule has 1 radical (unpaired) electrons. The maximum atomic E-state index is 12.4. The number of carbonyl (C=O) groups excluding carboxylic acids is 2. The van der Waals surface area contributed by atoms with Gasteiger partial charge in [0.25, 0.3) is 0 Å². The van der Waals surface area contributed by atoms with Gasteiger partial charge in [-0.3, -0.25) is 9.59 Å². The Kier molecular flexibility index (Phi) is 3.92. The number of carbonyl (C=O) groups is 2. The van der Waals surface area contributed by atoms with Crippen molar-refractivity contribution < 1.29 is 9.59 Å². The molecule has 0 aliphatic carbocycles. The second-order valence-electron chi connectivity index (χ2n) is 4.88. The van der Waals surface area contributed by atoms with Crippen molar-refractivity contribution >= 4 is 11.6 Å². The highest BCUT2D eigenvalue weighted by atomic mass is 16.1. The molecule has 0 saturated carbocycles. The van der Waals surface area contributed by atoms with Crippen LogP contribution in [0.2, 0.25) is 0 Å². The van der Waals surface area contributed by atoms with Gasteiger partial charge in [-0.05, 0) is 12.1 Å². The molecular formula is C20H13O2. The van der Waals surface area contributed by atoms with E-state index in [9.17, 15) is 9.59 Å². The molecule has 3 aromatic rings. The quantitative estimate of drug-likeness (QED) is 0.680. The van der Waals surface area contributed by atoms with E-state index in [0.29, 0.717) is 22.3 Å². The standard InChI is InChI=1S/C20H13O2/c21-19(15-8-3-1-4-9-15)17-12-7-13-18(14-17)20(22)16-10-5-2-6-11-16/h1-12,14H. The summed E-state index contributed by atoms with van der Waals surface area (Å²) >= 11 is 0. The lowest BCUT2D eigenvalue weighted by atomic mass is 9.97. The minimum atomic E-state index is -0.136. The van der Waals surface area contributed by atoms with Gasteiger partial charge in [0.1, 0.15) is 0 Å². The summed E-state index contributed by atoms with van der Waals surface area (Å²) in [7, 11) is 0. The number of hydrogen-bond acceptors (Lipinski definition) is 2. The molecule has 0 aliphatic heterocycles. The molecule has 0 spiro atoms. The van der Waals surface area contributed by atoms with E-state index in [1.807, 2.05) is 36.4 Å². The highest BCUT2D eigenvalue weighted by molar-refractivity contribution is 6.13. The lowest BCUT2D eigenvalue weighted by molar-refractivity contribution is 0.103. The fourth-order valence-electron chi connectivity index (χ4n) is 2.24. The molecule has 0 unspecified atom stereocenters. The van der Waals surface area contributed by atoms with Gasteiger partial charge in [-0.2, -0.15) is 0 Å². The van der Waals surface area contributed by atoms with Crippen LogP contribution in [0.1, 0.15) is 31.8 Å². The monoisotopic (exact) mass is 285 g/mol. The van der Waals surface area contributed by atoms with Crippen molar-refractivity contribution in [2.45, 2.75) is 0 Å². The van der Waals surface area contributed by atoms with Crippen molar-refractivity contribution in [2.75, 3.05) is 0 Å². The van der Waals surface area contributed by atoms with Gasteiger partial charge in [0, 0.05) is 22.3 Å². The van der Waals surface area contributed by atoms with E-state index in [0.717, 1.165) is 0 Å². The van der Waals surface area contributed by atoms with Gasteiger partial charge >= 0.3 is 0 Å². The number of benzene rings is 3. The molecule has 0 aromatic heterocycles. The normalized spacial score (nSPS) is 10.2. The predicted octanol–water partition coefficient (Wildman–Crippen LogP) is 3.95. The highest BCUT2D eigenvalue weighted by Gasteiger charge is 2.13. The van der Waals surface area contributed by atoms with Gasteiger partial charge < -0.3 is 0 Å². The van der Waals surface area contributed by atoms with Gasteiger partial charge in [-0.1, -0.05) is 72.8 Å². The van der Waals surface area contributed by atoms with Crippen molar-refractivity contribution in [3.8, 4) is 0 Å². The van der Waals surface area contributed by atoms with Crippen LogP contribution in [0.3, 0.4) is 0 Å². The van der Waals surface area contributed by atoms with Crippen LogP contribution in [0.4, 0.5) is 0 Å². The van der Waals surface area contributed by atoms with E-state index < -0.39 is 0 Å². The van der Waals surface area contributed by atoms with E-state index in [1.54, 1.807) is 42.5 Å². The van der Waals surface area contributed by atoms with Gasteiger partial charge in [0.15, 0.2) is 11.6 Å². The van der Waals surface area contributed by atoms with Crippen LogP contribution in [0.15, 0.2) is 78.9 Å². The summed E-state index contributed by atoms with van der Waals surface area (Å²) < 4.78 is 0. The van der Waals surface area contributed by atoms with Crippen LogP contribution in [0.25, 0.3) is 0 Å². The lowest BCUT2D eigenvalue weighted by Crippen LogP contribution is -2.05. The Morgan fingerprint density at radius 2 is 1.18 bits per heavy atom. The summed E-state index contributed by atoms with van der Waals surface area (Å²) in [5, 5.41) is 0.